The van der Waals surface area contributed by atoms with E-state index < -0.39 is 0 Å². The van der Waals surface area contributed by atoms with Crippen LogP contribution < -0.4 is 5.32 Å². The van der Waals surface area contributed by atoms with E-state index >= 15 is 0 Å². The first-order valence-corrected chi connectivity index (χ1v) is 8.22. The molecule has 0 aliphatic rings. The summed E-state index contributed by atoms with van der Waals surface area (Å²) in [6, 6.07) is 20.2. The SMILES string of the molecule is CC(NC(c1ccccc1)C(C)C)c1ccc(I)cc1. The Labute approximate surface area is 135 Å². The van der Waals surface area contributed by atoms with Crippen molar-refractivity contribution in [2.24, 2.45) is 5.92 Å². The standard InChI is InChI=1S/C18H22IN/c1-13(2)18(16-7-5-4-6-8-16)20-14(3)15-9-11-17(19)12-10-15/h4-14,18,20H,1-3H3. The molecule has 106 valence electrons. The van der Waals surface area contributed by atoms with Crippen LogP contribution >= 0.6 is 22.6 Å². The highest BCUT2D eigenvalue weighted by Gasteiger charge is 2.18. The molecule has 0 bridgehead atoms. The Morgan fingerprint density at radius 1 is 0.800 bits per heavy atom. The molecule has 2 unspecified atom stereocenters. The third-order valence-electron chi connectivity index (χ3n) is 3.62. The summed E-state index contributed by atoms with van der Waals surface area (Å²) in [5, 5.41) is 3.77. The maximum Gasteiger partial charge on any atom is 0.0348 e. The van der Waals surface area contributed by atoms with E-state index in [-0.39, 0.29) is 0 Å². The normalized spacial score (nSPS) is 14.2. The Kier molecular flexibility index (Phi) is 5.61. The van der Waals surface area contributed by atoms with E-state index in [2.05, 4.69) is 103 Å². The summed E-state index contributed by atoms with van der Waals surface area (Å²) in [5.74, 6) is 0.559. The first kappa shape index (κ1) is 15.5. The second kappa shape index (κ2) is 7.23. The molecule has 0 heterocycles. The van der Waals surface area contributed by atoms with Gasteiger partial charge in [0, 0.05) is 15.7 Å². The minimum atomic E-state index is 0.347. The maximum absolute atomic E-state index is 3.77. The molecule has 2 aromatic rings. The monoisotopic (exact) mass is 379 g/mol. The zero-order chi connectivity index (χ0) is 14.5. The third-order valence-corrected chi connectivity index (χ3v) is 4.34. The van der Waals surface area contributed by atoms with Gasteiger partial charge < -0.3 is 5.32 Å². The predicted octanol–water partition coefficient (Wildman–Crippen LogP) is 5.34. The lowest BCUT2D eigenvalue weighted by atomic mass is 9.94. The molecular weight excluding hydrogens is 357 g/mol. The van der Waals surface area contributed by atoms with Gasteiger partial charge in [0.1, 0.15) is 0 Å². The van der Waals surface area contributed by atoms with E-state index in [1.54, 1.807) is 0 Å². The molecule has 1 nitrogen and oxygen atoms in total. The van der Waals surface area contributed by atoms with Gasteiger partial charge in [-0.1, -0.05) is 56.3 Å². The van der Waals surface area contributed by atoms with Crippen molar-refractivity contribution >= 4 is 22.6 Å². The van der Waals surface area contributed by atoms with Crippen molar-refractivity contribution in [3.8, 4) is 0 Å². The molecule has 0 radical (unpaired) electrons. The second-order valence-corrected chi connectivity index (χ2v) is 6.82. The Morgan fingerprint density at radius 2 is 1.40 bits per heavy atom. The molecule has 2 atom stereocenters. The summed E-state index contributed by atoms with van der Waals surface area (Å²) in [7, 11) is 0. The van der Waals surface area contributed by atoms with Gasteiger partial charge in [-0.25, -0.2) is 0 Å². The summed E-state index contributed by atoms with van der Waals surface area (Å²) in [6.45, 7) is 6.77. The minimum absolute atomic E-state index is 0.347. The van der Waals surface area contributed by atoms with Crippen molar-refractivity contribution in [3.63, 3.8) is 0 Å². The molecule has 2 heteroatoms. The average molecular weight is 379 g/mol. The largest absolute Gasteiger partial charge is 0.303 e. The van der Waals surface area contributed by atoms with E-state index in [0.717, 1.165) is 0 Å². The van der Waals surface area contributed by atoms with Crippen molar-refractivity contribution in [3.05, 3.63) is 69.3 Å². The summed E-state index contributed by atoms with van der Waals surface area (Å²) >= 11 is 2.34. The molecule has 0 saturated carbocycles. The average Bonchev–Trinajstić information content (AvgIpc) is 2.46. The molecule has 20 heavy (non-hydrogen) atoms. The van der Waals surface area contributed by atoms with Crippen LogP contribution in [0.25, 0.3) is 0 Å². The van der Waals surface area contributed by atoms with Gasteiger partial charge in [0.25, 0.3) is 0 Å². The molecule has 0 fully saturated rings. The fraction of sp³-hybridized carbons (Fsp3) is 0.333. The Bertz CT molecular complexity index is 519. The van der Waals surface area contributed by atoms with Crippen LogP contribution in [0.1, 0.15) is 44.0 Å². The van der Waals surface area contributed by atoms with Crippen LogP contribution in [0.5, 0.6) is 0 Å². The van der Waals surface area contributed by atoms with Crippen LogP contribution in [0.15, 0.2) is 54.6 Å². The van der Waals surface area contributed by atoms with Crippen LogP contribution in [-0.4, -0.2) is 0 Å². The fourth-order valence-electron chi connectivity index (χ4n) is 2.45. The Hall–Kier alpha value is -0.870. The number of hydrogen-bond donors (Lipinski definition) is 1. The first-order valence-electron chi connectivity index (χ1n) is 7.14. The molecule has 0 spiro atoms. The molecule has 0 aliphatic carbocycles. The number of nitrogens with one attached hydrogen (secondary N) is 1. The summed E-state index contributed by atoms with van der Waals surface area (Å²) in [4.78, 5) is 0. The molecule has 2 aromatic carbocycles. The molecular formula is C18H22IN. The number of hydrogen-bond acceptors (Lipinski definition) is 1. The lowest BCUT2D eigenvalue weighted by Crippen LogP contribution is -2.28. The maximum atomic E-state index is 3.77. The van der Waals surface area contributed by atoms with Crippen molar-refractivity contribution < 1.29 is 0 Å². The third kappa shape index (κ3) is 4.06. The van der Waals surface area contributed by atoms with Gasteiger partial charge in [-0.3, -0.25) is 0 Å². The summed E-state index contributed by atoms with van der Waals surface area (Å²) < 4.78 is 1.28. The van der Waals surface area contributed by atoms with E-state index in [1.165, 1.54) is 14.7 Å². The van der Waals surface area contributed by atoms with E-state index in [9.17, 15) is 0 Å². The van der Waals surface area contributed by atoms with Crippen molar-refractivity contribution in [2.45, 2.75) is 32.9 Å². The lowest BCUT2D eigenvalue weighted by Gasteiger charge is -2.27. The van der Waals surface area contributed by atoms with E-state index in [1.807, 2.05) is 0 Å². The molecule has 2 rings (SSSR count). The predicted molar refractivity (Wildman–Crippen MR) is 94.7 cm³/mol. The topological polar surface area (TPSA) is 12.0 Å². The van der Waals surface area contributed by atoms with Crippen LogP contribution in [0, 0.1) is 9.49 Å². The number of halogens is 1. The van der Waals surface area contributed by atoms with Gasteiger partial charge in [-0.05, 0) is 58.7 Å². The molecule has 0 amide bonds. The van der Waals surface area contributed by atoms with Crippen molar-refractivity contribution in [1.82, 2.24) is 5.32 Å². The van der Waals surface area contributed by atoms with Crippen LogP contribution in [0.3, 0.4) is 0 Å². The molecule has 0 aromatic heterocycles. The number of rotatable bonds is 5. The zero-order valence-corrected chi connectivity index (χ0v) is 14.5. The number of benzene rings is 2. The minimum Gasteiger partial charge on any atom is -0.303 e. The van der Waals surface area contributed by atoms with Gasteiger partial charge in [-0.15, -0.1) is 0 Å². The van der Waals surface area contributed by atoms with E-state index in [4.69, 9.17) is 0 Å². The molecule has 0 aliphatic heterocycles. The second-order valence-electron chi connectivity index (χ2n) is 5.57. The highest BCUT2D eigenvalue weighted by atomic mass is 127. The van der Waals surface area contributed by atoms with Crippen LogP contribution in [-0.2, 0) is 0 Å². The van der Waals surface area contributed by atoms with Gasteiger partial charge in [0.05, 0.1) is 0 Å². The van der Waals surface area contributed by atoms with Gasteiger partial charge >= 0.3 is 0 Å². The van der Waals surface area contributed by atoms with E-state index in [0.29, 0.717) is 18.0 Å². The zero-order valence-electron chi connectivity index (χ0n) is 12.3. The summed E-state index contributed by atoms with van der Waals surface area (Å²) in [6.07, 6.45) is 0. The fourth-order valence-corrected chi connectivity index (χ4v) is 2.81. The first-order chi connectivity index (χ1) is 9.58. The highest BCUT2D eigenvalue weighted by Crippen LogP contribution is 2.25. The van der Waals surface area contributed by atoms with Crippen LogP contribution in [0.2, 0.25) is 0 Å². The van der Waals surface area contributed by atoms with Crippen LogP contribution in [0.4, 0.5) is 0 Å². The van der Waals surface area contributed by atoms with Crippen molar-refractivity contribution in [1.29, 1.82) is 0 Å². The lowest BCUT2D eigenvalue weighted by molar-refractivity contribution is 0.374. The quantitative estimate of drug-likeness (QED) is 0.692. The Morgan fingerprint density at radius 3 is 1.95 bits per heavy atom. The Balaban J connectivity index is 2.14. The molecule has 0 saturated heterocycles. The highest BCUT2D eigenvalue weighted by molar-refractivity contribution is 14.1. The summed E-state index contributed by atoms with van der Waals surface area (Å²) in [5.41, 5.74) is 2.70. The molecule has 1 N–H and O–H groups in total. The van der Waals surface area contributed by atoms with Gasteiger partial charge in [0.2, 0.25) is 0 Å². The van der Waals surface area contributed by atoms with Gasteiger partial charge in [-0.2, -0.15) is 0 Å². The van der Waals surface area contributed by atoms with Gasteiger partial charge in [0.15, 0.2) is 0 Å². The van der Waals surface area contributed by atoms with Crippen molar-refractivity contribution in [2.75, 3.05) is 0 Å². The smallest absolute Gasteiger partial charge is 0.0348 e.